The van der Waals surface area contributed by atoms with Gasteiger partial charge < -0.3 is 10.0 Å². The van der Waals surface area contributed by atoms with Gasteiger partial charge >= 0.3 is 5.97 Å². The summed E-state index contributed by atoms with van der Waals surface area (Å²) in [6.45, 7) is 2.83. The first-order valence-electron chi connectivity index (χ1n) is 9.08. The fourth-order valence-electron chi connectivity index (χ4n) is 3.60. The van der Waals surface area contributed by atoms with Crippen molar-refractivity contribution in [2.75, 3.05) is 6.54 Å². The molecule has 1 aliphatic heterocycles. The molecular formula is C20H19N3O4S. The summed E-state index contributed by atoms with van der Waals surface area (Å²) >= 11 is 1.13. The van der Waals surface area contributed by atoms with Crippen LogP contribution in [0.4, 0.5) is 0 Å². The number of aryl methyl sites for hydroxylation is 1. The van der Waals surface area contributed by atoms with Crippen LogP contribution in [0.25, 0.3) is 10.2 Å². The average Bonchev–Trinajstić information content (AvgIpc) is 3.14. The molecule has 1 aliphatic rings. The first kappa shape index (κ1) is 18.4. The van der Waals surface area contributed by atoms with Gasteiger partial charge in [0.05, 0.1) is 10.9 Å². The molecule has 4 rings (SSSR count). The second kappa shape index (κ2) is 7.20. The van der Waals surface area contributed by atoms with Crippen LogP contribution >= 0.6 is 11.3 Å². The lowest BCUT2D eigenvalue weighted by Gasteiger charge is -2.29. The highest BCUT2D eigenvalue weighted by molar-refractivity contribution is 7.17. The van der Waals surface area contributed by atoms with Crippen molar-refractivity contribution < 1.29 is 14.7 Å². The molecule has 28 heavy (non-hydrogen) atoms. The summed E-state index contributed by atoms with van der Waals surface area (Å²) < 4.78 is 1.32. The fraction of sp³-hybridized carbons (Fsp3) is 0.300. The number of fused-ring (bicyclic) bond motifs is 2. The van der Waals surface area contributed by atoms with E-state index in [-0.39, 0.29) is 23.4 Å². The van der Waals surface area contributed by atoms with Crippen molar-refractivity contribution in [3.8, 4) is 0 Å². The van der Waals surface area contributed by atoms with Gasteiger partial charge in [0.1, 0.15) is 17.2 Å². The van der Waals surface area contributed by atoms with E-state index in [2.05, 4.69) is 11.1 Å². The highest BCUT2D eigenvalue weighted by Gasteiger charge is 2.24. The lowest BCUT2D eigenvalue weighted by molar-refractivity contribution is -0.132. The second-order valence-corrected chi connectivity index (χ2v) is 7.60. The number of hydrogen-bond acceptors (Lipinski definition) is 5. The first-order valence-corrected chi connectivity index (χ1v) is 9.96. The Morgan fingerprint density at radius 3 is 2.71 bits per heavy atom. The molecule has 8 heteroatoms. The Bertz CT molecular complexity index is 1150. The number of aromatic nitrogens is 2. The summed E-state index contributed by atoms with van der Waals surface area (Å²) in [6.07, 6.45) is 1.25. The van der Waals surface area contributed by atoms with Crippen LogP contribution in [0, 0.1) is 0 Å². The van der Waals surface area contributed by atoms with Crippen LogP contribution in [0.2, 0.25) is 0 Å². The van der Waals surface area contributed by atoms with Crippen molar-refractivity contribution in [3.63, 3.8) is 0 Å². The minimum Gasteiger partial charge on any atom is -0.478 e. The zero-order valence-corrected chi connectivity index (χ0v) is 16.2. The van der Waals surface area contributed by atoms with Crippen molar-refractivity contribution in [3.05, 3.63) is 62.5 Å². The number of thiophene rings is 1. The van der Waals surface area contributed by atoms with E-state index in [0.717, 1.165) is 23.3 Å². The maximum atomic E-state index is 13.0. The first-order chi connectivity index (χ1) is 13.5. The largest absolute Gasteiger partial charge is 0.478 e. The molecule has 0 unspecified atom stereocenters. The van der Waals surface area contributed by atoms with Crippen LogP contribution in [0.1, 0.15) is 34.2 Å². The van der Waals surface area contributed by atoms with E-state index in [9.17, 15) is 19.5 Å². The summed E-state index contributed by atoms with van der Waals surface area (Å²) in [7, 11) is 0. The molecule has 7 nitrogen and oxygen atoms in total. The Morgan fingerprint density at radius 2 is 2.00 bits per heavy atom. The van der Waals surface area contributed by atoms with Crippen LogP contribution in [0.5, 0.6) is 0 Å². The molecule has 0 saturated carbocycles. The molecule has 1 amide bonds. The molecule has 0 atom stereocenters. The minimum atomic E-state index is -1.17. The molecule has 0 aliphatic carbocycles. The Morgan fingerprint density at radius 1 is 1.25 bits per heavy atom. The Hall–Kier alpha value is -3.00. The number of carboxylic acids is 1. The molecule has 0 spiro atoms. The normalized spacial score (nSPS) is 13.5. The Labute approximate surface area is 164 Å². The predicted molar refractivity (Wildman–Crippen MR) is 106 cm³/mol. The summed E-state index contributed by atoms with van der Waals surface area (Å²) in [5, 5.41) is 10.8. The van der Waals surface area contributed by atoms with Gasteiger partial charge in [-0.2, -0.15) is 0 Å². The lowest BCUT2D eigenvalue weighted by Crippen LogP contribution is -2.40. The number of hydrogen-bond donors (Lipinski definition) is 1. The van der Waals surface area contributed by atoms with E-state index in [0.29, 0.717) is 30.2 Å². The maximum absolute atomic E-state index is 13.0. The number of carbonyl (C=O) groups is 2. The number of carbonyl (C=O) groups excluding carboxylic acids is 1. The summed E-state index contributed by atoms with van der Waals surface area (Å²) in [5.41, 5.74) is 1.83. The monoisotopic (exact) mass is 397 g/mol. The molecule has 2 aromatic heterocycles. The van der Waals surface area contributed by atoms with Crippen molar-refractivity contribution in [1.29, 1.82) is 0 Å². The third-order valence-corrected chi connectivity index (χ3v) is 5.97. The van der Waals surface area contributed by atoms with Gasteiger partial charge in [0, 0.05) is 24.9 Å². The Balaban J connectivity index is 1.68. The van der Waals surface area contributed by atoms with Crippen LogP contribution in [0.3, 0.4) is 0 Å². The highest BCUT2D eigenvalue weighted by Crippen LogP contribution is 2.22. The van der Waals surface area contributed by atoms with Crippen molar-refractivity contribution in [1.82, 2.24) is 14.5 Å². The number of nitrogens with zero attached hydrogens (tertiary/aromatic N) is 3. The number of benzene rings is 1. The minimum absolute atomic E-state index is 0.0618. The maximum Gasteiger partial charge on any atom is 0.337 e. The van der Waals surface area contributed by atoms with Gasteiger partial charge in [-0.15, -0.1) is 11.3 Å². The molecule has 0 fully saturated rings. The van der Waals surface area contributed by atoms with Crippen molar-refractivity contribution in [2.45, 2.75) is 32.9 Å². The standard InChI is InChI=1S/C20H19N3O4S/c1-2-15-21-18-17(14(11-28-18)20(26)27)19(25)23(15)10-16(24)22-8-7-12-5-3-4-6-13(12)9-22/h3-6,11H,2,7-10H2,1H3,(H,26,27). The molecule has 3 aromatic rings. The van der Waals surface area contributed by atoms with E-state index in [1.165, 1.54) is 15.5 Å². The molecule has 3 heterocycles. The van der Waals surface area contributed by atoms with E-state index in [4.69, 9.17) is 0 Å². The number of rotatable bonds is 4. The molecule has 1 aromatic carbocycles. The zero-order valence-electron chi connectivity index (χ0n) is 15.3. The quantitative estimate of drug-likeness (QED) is 0.729. The highest BCUT2D eigenvalue weighted by atomic mass is 32.1. The second-order valence-electron chi connectivity index (χ2n) is 6.74. The summed E-state index contributed by atoms with van der Waals surface area (Å²) in [6, 6.07) is 8.02. The van der Waals surface area contributed by atoms with Crippen LogP contribution in [0.15, 0.2) is 34.4 Å². The predicted octanol–water partition coefficient (Wildman–Crippen LogP) is 2.30. The number of amides is 1. The summed E-state index contributed by atoms with van der Waals surface area (Å²) in [5.74, 6) is -0.846. The van der Waals surface area contributed by atoms with Crippen LogP contribution in [-0.4, -0.2) is 38.0 Å². The fourth-order valence-corrected chi connectivity index (χ4v) is 4.52. The molecule has 0 radical (unpaired) electrons. The van der Waals surface area contributed by atoms with E-state index in [1.807, 2.05) is 25.1 Å². The Kier molecular flexibility index (Phi) is 4.72. The van der Waals surface area contributed by atoms with Gasteiger partial charge in [-0.3, -0.25) is 14.2 Å². The number of aromatic carboxylic acids is 1. The topological polar surface area (TPSA) is 92.5 Å². The van der Waals surface area contributed by atoms with Crippen molar-refractivity contribution >= 4 is 33.4 Å². The van der Waals surface area contributed by atoms with Crippen LogP contribution in [-0.2, 0) is 30.7 Å². The van der Waals surface area contributed by atoms with Gasteiger partial charge in [0.15, 0.2) is 0 Å². The van der Waals surface area contributed by atoms with E-state index < -0.39 is 11.5 Å². The third kappa shape index (κ3) is 3.09. The van der Waals surface area contributed by atoms with Gasteiger partial charge in [0.2, 0.25) is 5.91 Å². The van der Waals surface area contributed by atoms with E-state index in [1.54, 1.807) is 4.90 Å². The van der Waals surface area contributed by atoms with Gasteiger partial charge in [-0.25, -0.2) is 9.78 Å². The van der Waals surface area contributed by atoms with Crippen molar-refractivity contribution in [2.24, 2.45) is 0 Å². The summed E-state index contributed by atoms with van der Waals surface area (Å²) in [4.78, 5) is 43.9. The van der Waals surface area contributed by atoms with Gasteiger partial charge in [-0.05, 0) is 17.5 Å². The molecule has 0 bridgehead atoms. The van der Waals surface area contributed by atoms with E-state index >= 15 is 0 Å². The molecule has 1 N–H and O–H groups in total. The number of carboxylic acid groups (broad SMARTS) is 1. The average molecular weight is 397 g/mol. The lowest BCUT2D eigenvalue weighted by atomic mass is 10.00. The zero-order chi connectivity index (χ0) is 19.8. The molecule has 0 saturated heterocycles. The van der Waals surface area contributed by atoms with Crippen LogP contribution < -0.4 is 5.56 Å². The van der Waals surface area contributed by atoms with Gasteiger partial charge in [-0.1, -0.05) is 31.2 Å². The molecular weight excluding hydrogens is 378 g/mol. The smallest absolute Gasteiger partial charge is 0.337 e. The van der Waals surface area contributed by atoms with Gasteiger partial charge in [0.25, 0.3) is 5.56 Å². The third-order valence-electron chi connectivity index (χ3n) is 5.10. The molecule has 144 valence electrons. The SMILES string of the molecule is CCc1nc2scc(C(=O)O)c2c(=O)n1CC(=O)N1CCc2ccccc2C1.